The van der Waals surface area contributed by atoms with Crippen LogP contribution in [-0.4, -0.2) is 57.1 Å². The third-order valence-electron chi connectivity index (χ3n) is 3.37. The Morgan fingerprint density at radius 2 is 2.18 bits per heavy atom. The molecular formula is C15H23IN4O2. The minimum Gasteiger partial charge on any atom is -0.496 e. The van der Waals surface area contributed by atoms with Gasteiger partial charge in [-0.3, -0.25) is 9.79 Å². The standard InChI is InChI=1S/C15H22N4O2.HI/c1-19-10-9-17-15(19)18-11-14(20)16-8-7-12-5-3-4-6-13(12)21-2;/h3-6H,7-11H2,1-2H3,(H,16,20)(H,17,18);1H. The Labute approximate surface area is 148 Å². The number of nitrogens with zero attached hydrogens (tertiary/aromatic N) is 2. The number of carbonyl (C=O) groups excluding carboxylic acids is 1. The first kappa shape index (κ1) is 18.5. The highest BCUT2D eigenvalue weighted by atomic mass is 127. The zero-order valence-corrected chi connectivity index (χ0v) is 15.3. The number of methoxy groups -OCH3 is 1. The van der Waals surface area contributed by atoms with Crippen LogP contribution in [0, 0.1) is 0 Å². The van der Waals surface area contributed by atoms with Gasteiger partial charge in [0.25, 0.3) is 0 Å². The zero-order chi connectivity index (χ0) is 15.1. The van der Waals surface area contributed by atoms with Crippen molar-refractivity contribution in [3.05, 3.63) is 29.8 Å². The first-order chi connectivity index (χ1) is 10.2. The third-order valence-corrected chi connectivity index (χ3v) is 3.37. The van der Waals surface area contributed by atoms with Crippen LogP contribution < -0.4 is 15.4 Å². The summed E-state index contributed by atoms with van der Waals surface area (Å²) in [5.41, 5.74) is 1.09. The second kappa shape index (κ2) is 9.50. The molecule has 0 saturated heterocycles. The van der Waals surface area contributed by atoms with Crippen LogP contribution in [0.2, 0.25) is 0 Å². The van der Waals surface area contributed by atoms with E-state index in [1.165, 1.54) is 0 Å². The number of nitrogens with one attached hydrogen (secondary N) is 2. The van der Waals surface area contributed by atoms with Gasteiger partial charge in [-0.1, -0.05) is 18.2 Å². The van der Waals surface area contributed by atoms with Gasteiger partial charge in [-0.15, -0.1) is 24.0 Å². The molecule has 7 heteroatoms. The van der Waals surface area contributed by atoms with Crippen LogP contribution in [0.5, 0.6) is 5.75 Å². The average Bonchev–Trinajstić information content (AvgIpc) is 2.91. The number of likely N-dealkylation sites (N-methyl/N-ethyl adjacent to an activating group) is 1. The lowest BCUT2D eigenvalue weighted by atomic mass is 10.1. The summed E-state index contributed by atoms with van der Waals surface area (Å²) in [4.78, 5) is 18.0. The highest BCUT2D eigenvalue weighted by Crippen LogP contribution is 2.17. The molecule has 1 heterocycles. The van der Waals surface area contributed by atoms with Crippen LogP contribution in [0.1, 0.15) is 5.56 Å². The molecule has 122 valence electrons. The summed E-state index contributed by atoms with van der Waals surface area (Å²) >= 11 is 0. The number of guanidine groups is 1. The first-order valence-corrected chi connectivity index (χ1v) is 7.08. The van der Waals surface area contributed by atoms with Gasteiger partial charge in [0.2, 0.25) is 5.91 Å². The van der Waals surface area contributed by atoms with Gasteiger partial charge in [0.15, 0.2) is 5.96 Å². The van der Waals surface area contributed by atoms with Crippen molar-refractivity contribution >= 4 is 35.8 Å². The maximum Gasteiger partial charge on any atom is 0.239 e. The highest BCUT2D eigenvalue weighted by Gasteiger charge is 2.12. The summed E-state index contributed by atoms with van der Waals surface area (Å²) in [6, 6.07) is 7.83. The van der Waals surface area contributed by atoms with E-state index in [4.69, 9.17) is 4.74 Å². The summed E-state index contributed by atoms with van der Waals surface area (Å²) in [5, 5.41) is 5.93. The largest absolute Gasteiger partial charge is 0.496 e. The number of hydrogen-bond acceptors (Lipinski definition) is 5. The van der Waals surface area contributed by atoms with Gasteiger partial charge in [-0.25, -0.2) is 0 Å². The fraction of sp³-hybridized carbons (Fsp3) is 0.467. The summed E-state index contributed by atoms with van der Waals surface area (Å²) in [5.74, 6) is 1.61. The van der Waals surface area contributed by atoms with Gasteiger partial charge >= 0.3 is 0 Å². The molecule has 22 heavy (non-hydrogen) atoms. The van der Waals surface area contributed by atoms with Gasteiger partial charge in [0.05, 0.1) is 20.2 Å². The molecule has 0 unspecified atom stereocenters. The number of ether oxygens (including phenoxy) is 1. The average molecular weight is 418 g/mol. The van der Waals surface area contributed by atoms with Crippen molar-refractivity contribution in [1.29, 1.82) is 0 Å². The van der Waals surface area contributed by atoms with E-state index in [2.05, 4.69) is 15.6 Å². The van der Waals surface area contributed by atoms with E-state index in [1.807, 2.05) is 36.2 Å². The molecule has 0 radical (unpaired) electrons. The van der Waals surface area contributed by atoms with Crippen LogP contribution in [0.15, 0.2) is 29.3 Å². The van der Waals surface area contributed by atoms with Crippen molar-refractivity contribution < 1.29 is 9.53 Å². The number of rotatable bonds is 6. The van der Waals surface area contributed by atoms with E-state index in [0.717, 1.165) is 36.8 Å². The number of para-hydroxylation sites is 1. The second-order valence-corrected chi connectivity index (χ2v) is 4.89. The number of halogens is 1. The molecule has 1 aliphatic heterocycles. The SMILES string of the molecule is COc1ccccc1CCNC(=O)CNC1=NCCN1C.I. The lowest BCUT2D eigenvalue weighted by Gasteiger charge is -2.15. The second-order valence-electron chi connectivity index (χ2n) is 4.89. The summed E-state index contributed by atoms with van der Waals surface area (Å²) in [6.07, 6.45) is 0.747. The number of benzene rings is 1. The molecule has 2 N–H and O–H groups in total. The zero-order valence-electron chi connectivity index (χ0n) is 13.0. The highest BCUT2D eigenvalue weighted by molar-refractivity contribution is 14.0. The molecule has 0 atom stereocenters. The minimum atomic E-state index is -0.0344. The van der Waals surface area contributed by atoms with Gasteiger partial charge in [0.1, 0.15) is 5.75 Å². The van der Waals surface area contributed by atoms with Crippen LogP contribution in [0.3, 0.4) is 0 Å². The predicted molar refractivity (Wildman–Crippen MR) is 98.1 cm³/mol. The molecule has 1 aromatic rings. The predicted octanol–water partition coefficient (Wildman–Crippen LogP) is 0.863. The van der Waals surface area contributed by atoms with E-state index >= 15 is 0 Å². The smallest absolute Gasteiger partial charge is 0.239 e. The van der Waals surface area contributed by atoms with E-state index in [0.29, 0.717) is 6.54 Å². The number of carbonyl (C=O) groups is 1. The molecule has 1 aromatic carbocycles. The van der Waals surface area contributed by atoms with Gasteiger partial charge in [0, 0.05) is 20.1 Å². The molecular weight excluding hydrogens is 395 g/mol. The van der Waals surface area contributed by atoms with Crippen molar-refractivity contribution in [1.82, 2.24) is 15.5 Å². The molecule has 0 spiro atoms. The molecule has 2 rings (SSSR count). The maximum absolute atomic E-state index is 11.8. The number of aliphatic imine (C=N–C) groups is 1. The fourth-order valence-electron chi connectivity index (χ4n) is 2.19. The Bertz CT molecular complexity index is 522. The Hall–Kier alpha value is -1.51. The lowest BCUT2D eigenvalue weighted by Crippen LogP contribution is -2.42. The summed E-state index contributed by atoms with van der Waals surface area (Å²) < 4.78 is 5.28. The van der Waals surface area contributed by atoms with Crippen LogP contribution in [-0.2, 0) is 11.2 Å². The topological polar surface area (TPSA) is 66.0 Å². The van der Waals surface area contributed by atoms with Crippen molar-refractivity contribution in [3.8, 4) is 5.75 Å². The van der Waals surface area contributed by atoms with Crippen molar-refractivity contribution in [3.63, 3.8) is 0 Å². The monoisotopic (exact) mass is 418 g/mol. The molecule has 0 aromatic heterocycles. The van der Waals surface area contributed by atoms with Crippen molar-refractivity contribution in [2.24, 2.45) is 4.99 Å². The molecule has 0 bridgehead atoms. The van der Waals surface area contributed by atoms with Crippen LogP contribution >= 0.6 is 24.0 Å². The molecule has 1 aliphatic rings. The third kappa shape index (κ3) is 5.36. The first-order valence-electron chi connectivity index (χ1n) is 7.08. The maximum atomic E-state index is 11.8. The normalized spacial score (nSPS) is 13.2. The van der Waals surface area contributed by atoms with Gasteiger partial charge < -0.3 is 20.3 Å². The van der Waals surface area contributed by atoms with Gasteiger partial charge in [-0.2, -0.15) is 0 Å². The van der Waals surface area contributed by atoms with E-state index in [-0.39, 0.29) is 36.4 Å². The molecule has 6 nitrogen and oxygen atoms in total. The number of amides is 1. The Balaban J connectivity index is 0.00000242. The lowest BCUT2D eigenvalue weighted by molar-refractivity contribution is -0.120. The summed E-state index contributed by atoms with van der Waals surface area (Å²) in [6.45, 7) is 2.52. The van der Waals surface area contributed by atoms with E-state index in [1.54, 1.807) is 7.11 Å². The van der Waals surface area contributed by atoms with Crippen LogP contribution in [0.25, 0.3) is 0 Å². The van der Waals surface area contributed by atoms with Crippen molar-refractivity contribution in [2.45, 2.75) is 6.42 Å². The molecule has 0 aliphatic carbocycles. The Morgan fingerprint density at radius 3 is 2.86 bits per heavy atom. The van der Waals surface area contributed by atoms with Gasteiger partial charge in [-0.05, 0) is 18.1 Å². The van der Waals surface area contributed by atoms with E-state index < -0.39 is 0 Å². The van der Waals surface area contributed by atoms with E-state index in [9.17, 15) is 4.79 Å². The molecule has 0 fully saturated rings. The van der Waals surface area contributed by atoms with Crippen LogP contribution in [0.4, 0.5) is 0 Å². The molecule has 0 saturated carbocycles. The fourth-order valence-corrected chi connectivity index (χ4v) is 2.19. The minimum absolute atomic E-state index is 0. The Kier molecular flexibility index (Phi) is 8.00. The number of hydrogen-bond donors (Lipinski definition) is 2. The molecule has 1 amide bonds. The van der Waals surface area contributed by atoms with Crippen molar-refractivity contribution in [2.75, 3.05) is 40.3 Å². The summed E-state index contributed by atoms with van der Waals surface area (Å²) in [7, 11) is 3.61. The quantitative estimate of drug-likeness (QED) is 0.673. The Morgan fingerprint density at radius 1 is 1.41 bits per heavy atom.